The Bertz CT molecular complexity index is 1070. The van der Waals surface area contributed by atoms with E-state index < -0.39 is 15.1 Å². The van der Waals surface area contributed by atoms with Gasteiger partial charge in [-0.15, -0.1) is 0 Å². The van der Waals surface area contributed by atoms with Crippen LogP contribution in [0.1, 0.15) is 27.8 Å². The molecule has 1 saturated heterocycles. The summed E-state index contributed by atoms with van der Waals surface area (Å²) >= 11 is 6.22. The summed E-state index contributed by atoms with van der Waals surface area (Å²) in [6.45, 7) is 0.462. The van der Waals surface area contributed by atoms with E-state index in [2.05, 4.69) is 0 Å². The van der Waals surface area contributed by atoms with E-state index in [1.807, 2.05) is 18.2 Å². The third-order valence-electron chi connectivity index (χ3n) is 4.92. The number of sulfone groups is 1. The van der Waals surface area contributed by atoms with Crippen LogP contribution in [0.5, 0.6) is 0 Å². The largest absolute Gasteiger partial charge is 0.451 e. The number of halogens is 1. The van der Waals surface area contributed by atoms with Crippen molar-refractivity contribution in [3.63, 3.8) is 0 Å². The summed E-state index contributed by atoms with van der Waals surface area (Å²) in [5, 5.41) is 0.569. The lowest BCUT2D eigenvalue weighted by Gasteiger charge is -2.18. The van der Waals surface area contributed by atoms with Crippen molar-refractivity contribution in [2.45, 2.75) is 11.7 Å². The Morgan fingerprint density at radius 1 is 1.07 bits per heavy atom. The van der Waals surface area contributed by atoms with Gasteiger partial charge in [-0.1, -0.05) is 48.0 Å². The van der Waals surface area contributed by atoms with Gasteiger partial charge in [-0.05, 0) is 30.2 Å². The Hall–Kier alpha value is -2.31. The fraction of sp³-hybridized carbons (Fsp3) is 0.250. The first kappa shape index (κ1) is 18.1. The third kappa shape index (κ3) is 3.47. The Balaban J connectivity index is 1.60. The molecule has 0 radical (unpaired) electrons. The van der Waals surface area contributed by atoms with E-state index in [9.17, 15) is 13.2 Å². The van der Waals surface area contributed by atoms with E-state index in [0.717, 1.165) is 5.39 Å². The maximum atomic E-state index is 12.9. The molecule has 1 unspecified atom stereocenters. The van der Waals surface area contributed by atoms with Crippen LogP contribution in [0.2, 0.25) is 5.02 Å². The van der Waals surface area contributed by atoms with Gasteiger partial charge in [0, 0.05) is 23.5 Å². The number of hydrogen-bond acceptors (Lipinski definition) is 4. The van der Waals surface area contributed by atoms with Gasteiger partial charge in [0.25, 0.3) is 5.91 Å². The average molecular weight is 404 g/mol. The zero-order valence-corrected chi connectivity index (χ0v) is 16.0. The molecule has 27 heavy (non-hydrogen) atoms. The zero-order chi connectivity index (χ0) is 19.0. The van der Waals surface area contributed by atoms with Gasteiger partial charge >= 0.3 is 0 Å². The first-order valence-electron chi connectivity index (χ1n) is 8.69. The van der Waals surface area contributed by atoms with Gasteiger partial charge in [-0.3, -0.25) is 4.79 Å². The Morgan fingerprint density at radius 3 is 2.59 bits per heavy atom. The predicted molar refractivity (Wildman–Crippen MR) is 105 cm³/mol. The molecule has 4 rings (SSSR count). The number of rotatable bonds is 2. The van der Waals surface area contributed by atoms with Gasteiger partial charge in [-0.2, -0.15) is 0 Å². The highest BCUT2D eigenvalue weighted by molar-refractivity contribution is 7.91. The van der Waals surface area contributed by atoms with Crippen molar-refractivity contribution in [2.24, 2.45) is 0 Å². The van der Waals surface area contributed by atoms with Crippen LogP contribution < -0.4 is 0 Å². The molecule has 0 aliphatic carbocycles. The lowest BCUT2D eigenvalue weighted by molar-refractivity contribution is 0.0737. The summed E-state index contributed by atoms with van der Waals surface area (Å²) in [7, 11) is -3.42. The number of para-hydroxylation sites is 1. The molecular formula is C20H18ClNO4S. The summed E-state index contributed by atoms with van der Waals surface area (Å²) in [5.41, 5.74) is 1.23. The minimum Gasteiger partial charge on any atom is -0.451 e. The van der Waals surface area contributed by atoms with Crippen molar-refractivity contribution in [3.05, 3.63) is 70.9 Å². The molecule has 1 aliphatic heterocycles. The number of fused-ring (bicyclic) bond motifs is 1. The Morgan fingerprint density at radius 2 is 1.81 bits per heavy atom. The molecule has 0 bridgehead atoms. The number of furan rings is 1. The second kappa shape index (κ2) is 7.02. The van der Waals surface area contributed by atoms with Crippen LogP contribution in [0.4, 0.5) is 0 Å². The van der Waals surface area contributed by atoms with E-state index in [-0.39, 0.29) is 24.0 Å². The maximum Gasteiger partial charge on any atom is 0.289 e. The molecule has 1 amide bonds. The molecule has 0 spiro atoms. The first-order valence-corrected chi connectivity index (χ1v) is 10.8. The topological polar surface area (TPSA) is 67.6 Å². The SMILES string of the molecule is O=C(c1cc2ccccc2o1)N1CCC(c2ccccc2Cl)S(=O)(=O)CC1. The molecule has 2 heterocycles. The quantitative estimate of drug-likeness (QED) is 0.646. The van der Waals surface area contributed by atoms with Gasteiger partial charge in [0.05, 0.1) is 11.0 Å². The number of hydrogen-bond donors (Lipinski definition) is 0. The minimum atomic E-state index is -3.42. The number of amides is 1. The molecule has 7 heteroatoms. The van der Waals surface area contributed by atoms with E-state index in [1.54, 1.807) is 41.3 Å². The lowest BCUT2D eigenvalue weighted by Crippen LogP contribution is -2.33. The number of nitrogens with zero attached hydrogens (tertiary/aromatic N) is 1. The Kier molecular flexibility index (Phi) is 4.70. The van der Waals surface area contributed by atoms with E-state index >= 15 is 0 Å². The van der Waals surface area contributed by atoms with Crippen molar-refractivity contribution < 1.29 is 17.6 Å². The second-order valence-electron chi connectivity index (χ2n) is 6.61. The molecule has 0 N–H and O–H groups in total. The molecule has 5 nitrogen and oxygen atoms in total. The summed E-state index contributed by atoms with van der Waals surface area (Å²) in [4.78, 5) is 14.4. The van der Waals surface area contributed by atoms with E-state index in [0.29, 0.717) is 29.1 Å². The van der Waals surface area contributed by atoms with Crippen molar-refractivity contribution in [1.82, 2.24) is 4.90 Å². The van der Waals surface area contributed by atoms with Gasteiger partial charge in [0.15, 0.2) is 15.6 Å². The smallest absolute Gasteiger partial charge is 0.289 e. The van der Waals surface area contributed by atoms with Crippen molar-refractivity contribution in [3.8, 4) is 0 Å². The number of carbonyl (C=O) groups is 1. The average Bonchev–Trinajstić information content (AvgIpc) is 3.02. The molecule has 1 atom stereocenters. The molecule has 0 saturated carbocycles. The lowest BCUT2D eigenvalue weighted by atomic mass is 10.1. The van der Waals surface area contributed by atoms with Crippen LogP contribution in [0, 0.1) is 0 Å². The number of carbonyl (C=O) groups excluding carboxylic acids is 1. The number of benzene rings is 2. The highest BCUT2D eigenvalue weighted by atomic mass is 35.5. The van der Waals surface area contributed by atoms with Crippen LogP contribution in [0.15, 0.2) is 59.0 Å². The highest BCUT2D eigenvalue weighted by Gasteiger charge is 2.34. The van der Waals surface area contributed by atoms with Crippen molar-refractivity contribution in [2.75, 3.05) is 18.8 Å². The van der Waals surface area contributed by atoms with Gasteiger partial charge < -0.3 is 9.32 Å². The first-order chi connectivity index (χ1) is 13.0. The van der Waals surface area contributed by atoms with Crippen LogP contribution >= 0.6 is 11.6 Å². The summed E-state index contributed by atoms with van der Waals surface area (Å²) in [5.74, 6) is -0.166. The minimum absolute atomic E-state index is 0.102. The molecule has 140 valence electrons. The normalized spacial score (nSPS) is 19.7. The summed E-state index contributed by atoms with van der Waals surface area (Å²) in [6.07, 6.45) is 0.304. The highest BCUT2D eigenvalue weighted by Crippen LogP contribution is 2.34. The van der Waals surface area contributed by atoms with Crippen molar-refractivity contribution >= 4 is 38.3 Å². The summed E-state index contributed by atoms with van der Waals surface area (Å²) < 4.78 is 31.2. The van der Waals surface area contributed by atoms with Crippen molar-refractivity contribution in [1.29, 1.82) is 0 Å². The Labute approximate surface area is 162 Å². The standard InChI is InChI=1S/C20H18ClNO4S/c21-16-7-3-2-6-15(16)19-9-10-22(11-12-27(19,24)25)20(23)18-13-14-5-1-4-8-17(14)26-18/h1-8,13,19H,9-12H2. The van der Waals surface area contributed by atoms with Gasteiger partial charge in [-0.25, -0.2) is 8.42 Å². The molecule has 1 aromatic heterocycles. The molecule has 2 aromatic carbocycles. The second-order valence-corrected chi connectivity index (χ2v) is 9.32. The van der Waals surface area contributed by atoms with E-state index in [1.165, 1.54) is 0 Å². The van der Waals surface area contributed by atoms with Gasteiger partial charge in [0.1, 0.15) is 5.58 Å². The van der Waals surface area contributed by atoms with Gasteiger partial charge in [0.2, 0.25) is 0 Å². The fourth-order valence-corrected chi connectivity index (χ4v) is 5.62. The fourth-order valence-electron chi connectivity index (χ4n) is 3.48. The molecular weight excluding hydrogens is 386 g/mol. The van der Waals surface area contributed by atoms with Crippen LogP contribution in [-0.4, -0.2) is 38.1 Å². The maximum absolute atomic E-state index is 12.9. The third-order valence-corrected chi connectivity index (χ3v) is 7.37. The zero-order valence-electron chi connectivity index (χ0n) is 14.5. The monoisotopic (exact) mass is 403 g/mol. The molecule has 1 fully saturated rings. The van der Waals surface area contributed by atoms with E-state index in [4.69, 9.17) is 16.0 Å². The summed E-state index contributed by atoms with van der Waals surface area (Å²) in [6, 6.07) is 16.1. The molecule has 1 aliphatic rings. The predicted octanol–water partition coefficient (Wildman–Crippen LogP) is 4.09. The molecule has 3 aromatic rings. The van der Waals surface area contributed by atoms with Crippen LogP contribution in [0.3, 0.4) is 0 Å². The van der Waals surface area contributed by atoms with Crippen LogP contribution in [-0.2, 0) is 9.84 Å². The van der Waals surface area contributed by atoms with Crippen LogP contribution in [0.25, 0.3) is 11.0 Å².